The van der Waals surface area contributed by atoms with Crippen molar-refractivity contribution in [2.75, 3.05) is 26.8 Å². The van der Waals surface area contributed by atoms with E-state index in [9.17, 15) is 4.79 Å². The minimum absolute atomic E-state index is 0.117. The van der Waals surface area contributed by atoms with Crippen LogP contribution in [-0.4, -0.2) is 32.8 Å². The van der Waals surface area contributed by atoms with Gasteiger partial charge in [0.25, 0.3) is 0 Å². The first kappa shape index (κ1) is 30.5. The second kappa shape index (κ2) is 20.4. The van der Waals surface area contributed by atoms with E-state index in [2.05, 4.69) is 17.6 Å². The highest BCUT2D eigenvalue weighted by molar-refractivity contribution is 5.73. The van der Waals surface area contributed by atoms with E-state index in [1.807, 2.05) is 48.5 Å². The molecule has 0 spiro atoms. The lowest BCUT2D eigenvalue weighted by molar-refractivity contribution is 0.236. The molecule has 0 unspecified atom stereocenters. The van der Waals surface area contributed by atoms with Crippen LogP contribution in [0.2, 0.25) is 0 Å². The van der Waals surface area contributed by atoms with Crippen molar-refractivity contribution in [3.8, 4) is 22.6 Å². The quantitative estimate of drug-likeness (QED) is 0.165. The summed E-state index contributed by atoms with van der Waals surface area (Å²) in [5.74, 6) is 1.64. The fourth-order valence-corrected chi connectivity index (χ4v) is 4.44. The Balaban J connectivity index is 1.39. The van der Waals surface area contributed by atoms with Crippen LogP contribution in [-0.2, 0) is 0 Å². The minimum Gasteiger partial charge on any atom is -0.497 e. The predicted octanol–water partition coefficient (Wildman–Crippen LogP) is 8.52. The molecule has 0 fully saturated rings. The van der Waals surface area contributed by atoms with E-state index >= 15 is 0 Å². The van der Waals surface area contributed by atoms with Crippen molar-refractivity contribution in [2.24, 2.45) is 0 Å². The monoisotopic (exact) mass is 510 g/mol. The van der Waals surface area contributed by atoms with Gasteiger partial charge in [-0.2, -0.15) is 0 Å². The van der Waals surface area contributed by atoms with Gasteiger partial charge in [-0.3, -0.25) is 0 Å². The van der Waals surface area contributed by atoms with Gasteiger partial charge in [-0.25, -0.2) is 4.79 Å². The topological polar surface area (TPSA) is 59.6 Å². The molecule has 0 radical (unpaired) electrons. The lowest BCUT2D eigenvalue weighted by atomic mass is 10.0. The summed E-state index contributed by atoms with van der Waals surface area (Å²) in [6.07, 6.45) is 18.8. The molecular formula is C32H50N2O3. The molecule has 2 aromatic rings. The van der Waals surface area contributed by atoms with Crippen LogP contribution in [0.1, 0.15) is 96.8 Å². The minimum atomic E-state index is -0.117. The number of hydrogen-bond donors (Lipinski definition) is 2. The number of urea groups is 1. The Morgan fingerprint density at radius 2 is 1.03 bits per heavy atom. The Hall–Kier alpha value is -2.69. The van der Waals surface area contributed by atoms with E-state index in [0.29, 0.717) is 13.2 Å². The molecule has 0 heterocycles. The maximum atomic E-state index is 11.9. The fourth-order valence-electron chi connectivity index (χ4n) is 4.44. The Morgan fingerprint density at radius 3 is 1.51 bits per heavy atom. The number of methoxy groups -OCH3 is 1. The standard InChI is InChI=1S/C32H50N2O3/c1-3-4-5-6-7-8-9-10-11-12-13-14-15-16-25-33-32(35)34-26-27-37-31-23-19-29(20-24-31)28-17-21-30(36-2)22-18-28/h17-24H,3-16,25-27H2,1-2H3,(H2,33,34,35). The van der Waals surface area contributed by atoms with Crippen LogP contribution in [0.15, 0.2) is 48.5 Å². The first-order valence-electron chi connectivity index (χ1n) is 14.6. The van der Waals surface area contributed by atoms with Crippen LogP contribution < -0.4 is 20.1 Å². The highest BCUT2D eigenvalue weighted by atomic mass is 16.5. The molecule has 5 heteroatoms. The first-order valence-corrected chi connectivity index (χ1v) is 14.6. The summed E-state index contributed by atoms with van der Waals surface area (Å²) in [6.45, 7) is 3.93. The molecule has 5 nitrogen and oxygen atoms in total. The number of hydrogen-bond acceptors (Lipinski definition) is 3. The molecule has 2 aromatic carbocycles. The molecule has 2 rings (SSSR count). The Kier molecular flexibility index (Phi) is 16.8. The number of amides is 2. The summed E-state index contributed by atoms with van der Waals surface area (Å²) >= 11 is 0. The average molecular weight is 511 g/mol. The van der Waals surface area contributed by atoms with Gasteiger partial charge in [0.05, 0.1) is 13.7 Å². The molecule has 2 N–H and O–H groups in total. The first-order chi connectivity index (χ1) is 18.2. The van der Waals surface area contributed by atoms with Crippen LogP contribution in [0.3, 0.4) is 0 Å². The number of ether oxygens (including phenoxy) is 2. The van der Waals surface area contributed by atoms with Crippen molar-refractivity contribution >= 4 is 6.03 Å². The van der Waals surface area contributed by atoms with Crippen molar-refractivity contribution in [1.29, 1.82) is 0 Å². The molecule has 0 atom stereocenters. The van der Waals surface area contributed by atoms with Gasteiger partial charge in [0.2, 0.25) is 0 Å². The van der Waals surface area contributed by atoms with Crippen molar-refractivity contribution in [2.45, 2.75) is 96.8 Å². The average Bonchev–Trinajstić information content (AvgIpc) is 2.93. The fraction of sp³-hybridized carbons (Fsp3) is 0.594. The lowest BCUT2D eigenvalue weighted by Crippen LogP contribution is -2.38. The number of benzene rings is 2. The summed E-state index contributed by atoms with van der Waals surface area (Å²) < 4.78 is 11.0. The zero-order chi connectivity index (χ0) is 26.4. The molecule has 0 saturated heterocycles. The van der Waals surface area contributed by atoms with E-state index in [-0.39, 0.29) is 6.03 Å². The predicted molar refractivity (Wildman–Crippen MR) is 156 cm³/mol. The molecule has 37 heavy (non-hydrogen) atoms. The summed E-state index contributed by atoms with van der Waals surface area (Å²) in [5, 5.41) is 5.81. The maximum Gasteiger partial charge on any atom is 0.314 e. The third-order valence-corrected chi connectivity index (χ3v) is 6.75. The maximum absolute atomic E-state index is 11.9. The van der Waals surface area contributed by atoms with Crippen LogP contribution in [0, 0.1) is 0 Å². The van der Waals surface area contributed by atoms with E-state index in [1.54, 1.807) is 7.11 Å². The van der Waals surface area contributed by atoms with Gasteiger partial charge in [0.15, 0.2) is 0 Å². The highest BCUT2D eigenvalue weighted by Crippen LogP contribution is 2.24. The molecule has 0 bridgehead atoms. The van der Waals surface area contributed by atoms with Crippen molar-refractivity contribution < 1.29 is 14.3 Å². The second-order valence-corrected chi connectivity index (χ2v) is 9.88. The van der Waals surface area contributed by atoms with Crippen molar-refractivity contribution in [3.63, 3.8) is 0 Å². The largest absolute Gasteiger partial charge is 0.497 e. The van der Waals surface area contributed by atoms with Gasteiger partial charge < -0.3 is 20.1 Å². The number of unbranched alkanes of at least 4 members (excludes halogenated alkanes) is 13. The molecule has 2 amide bonds. The lowest BCUT2D eigenvalue weighted by Gasteiger charge is -2.10. The number of rotatable bonds is 21. The summed E-state index contributed by atoms with van der Waals surface area (Å²) in [6, 6.07) is 15.8. The van der Waals surface area contributed by atoms with E-state index in [4.69, 9.17) is 9.47 Å². The molecule has 206 valence electrons. The van der Waals surface area contributed by atoms with Gasteiger partial charge in [0.1, 0.15) is 18.1 Å². The molecule has 0 aliphatic heterocycles. The molecule has 0 aliphatic rings. The van der Waals surface area contributed by atoms with Crippen LogP contribution in [0.25, 0.3) is 11.1 Å². The third kappa shape index (κ3) is 14.6. The molecule has 0 aromatic heterocycles. The SMILES string of the molecule is CCCCCCCCCCCCCCCCNC(=O)NCCOc1ccc(-c2ccc(OC)cc2)cc1. The smallest absolute Gasteiger partial charge is 0.314 e. The van der Waals surface area contributed by atoms with Crippen molar-refractivity contribution in [1.82, 2.24) is 10.6 Å². The van der Waals surface area contributed by atoms with Crippen LogP contribution in [0.5, 0.6) is 11.5 Å². The van der Waals surface area contributed by atoms with Gasteiger partial charge >= 0.3 is 6.03 Å². The highest BCUT2D eigenvalue weighted by Gasteiger charge is 2.02. The molecule has 0 aliphatic carbocycles. The van der Waals surface area contributed by atoms with Gasteiger partial charge in [-0.05, 0) is 41.8 Å². The van der Waals surface area contributed by atoms with E-state index in [0.717, 1.165) is 35.6 Å². The zero-order valence-corrected chi connectivity index (χ0v) is 23.4. The number of carbonyl (C=O) groups is 1. The van der Waals surface area contributed by atoms with Crippen LogP contribution >= 0.6 is 0 Å². The van der Waals surface area contributed by atoms with Crippen molar-refractivity contribution in [3.05, 3.63) is 48.5 Å². The summed E-state index contributed by atoms with van der Waals surface area (Å²) in [5.41, 5.74) is 2.25. The van der Waals surface area contributed by atoms with Gasteiger partial charge in [0, 0.05) is 6.54 Å². The van der Waals surface area contributed by atoms with E-state index < -0.39 is 0 Å². The summed E-state index contributed by atoms with van der Waals surface area (Å²) in [4.78, 5) is 11.9. The number of nitrogens with one attached hydrogen (secondary N) is 2. The Labute approximate surface area is 225 Å². The van der Waals surface area contributed by atoms with Gasteiger partial charge in [-0.15, -0.1) is 0 Å². The summed E-state index contributed by atoms with van der Waals surface area (Å²) in [7, 11) is 1.67. The van der Waals surface area contributed by atoms with Crippen LogP contribution in [0.4, 0.5) is 4.79 Å². The zero-order valence-electron chi connectivity index (χ0n) is 23.4. The normalized spacial score (nSPS) is 10.8. The molecular weight excluding hydrogens is 460 g/mol. The third-order valence-electron chi connectivity index (χ3n) is 6.75. The molecule has 0 saturated carbocycles. The van der Waals surface area contributed by atoms with E-state index in [1.165, 1.54) is 83.5 Å². The Morgan fingerprint density at radius 1 is 0.595 bits per heavy atom. The van der Waals surface area contributed by atoms with Gasteiger partial charge in [-0.1, -0.05) is 115 Å². The number of carbonyl (C=O) groups excluding carboxylic acids is 1. The second-order valence-electron chi connectivity index (χ2n) is 9.88. The Bertz CT molecular complexity index is 821.